The van der Waals surface area contributed by atoms with Crippen LogP contribution in [0.4, 0.5) is 8.78 Å². The van der Waals surface area contributed by atoms with Gasteiger partial charge in [-0.3, -0.25) is 0 Å². The van der Waals surface area contributed by atoms with Crippen LogP contribution in [-0.2, 0) is 0 Å². The molecule has 1 aliphatic rings. The lowest BCUT2D eigenvalue weighted by molar-refractivity contribution is 0.138. The molecule has 0 aromatic heterocycles. The predicted octanol–water partition coefficient (Wildman–Crippen LogP) is 2.52. The van der Waals surface area contributed by atoms with E-state index in [2.05, 4.69) is 11.6 Å². The molecule has 0 aromatic carbocycles. The maximum absolute atomic E-state index is 11.9. The van der Waals surface area contributed by atoms with Crippen LogP contribution < -0.4 is 5.32 Å². The van der Waals surface area contributed by atoms with Gasteiger partial charge in [0.1, 0.15) is 0 Å². The Morgan fingerprint density at radius 2 is 1.92 bits per heavy atom. The molecule has 13 heavy (non-hydrogen) atoms. The van der Waals surface area contributed by atoms with Gasteiger partial charge in [-0.25, -0.2) is 8.78 Å². The maximum atomic E-state index is 11.9. The van der Waals surface area contributed by atoms with Crippen LogP contribution in [-0.4, -0.2) is 30.5 Å². The van der Waals surface area contributed by atoms with Gasteiger partial charge in [0, 0.05) is 11.3 Å². The Morgan fingerprint density at radius 1 is 1.31 bits per heavy atom. The Bertz CT molecular complexity index is 136. The summed E-state index contributed by atoms with van der Waals surface area (Å²) in [6.07, 6.45) is 4.36. The van der Waals surface area contributed by atoms with Crippen LogP contribution in [0.2, 0.25) is 0 Å². The molecule has 0 aliphatic heterocycles. The van der Waals surface area contributed by atoms with Crippen LogP contribution in [0.25, 0.3) is 0 Å². The highest BCUT2D eigenvalue weighted by Gasteiger charge is 2.20. The molecule has 0 amide bonds. The minimum absolute atomic E-state index is 0.144. The van der Waals surface area contributed by atoms with Crippen molar-refractivity contribution in [1.29, 1.82) is 0 Å². The summed E-state index contributed by atoms with van der Waals surface area (Å²) in [5, 5.41) is 3.66. The Hall–Kier alpha value is 0.170. The quantitative estimate of drug-likeness (QED) is 0.763. The Morgan fingerprint density at radius 3 is 2.38 bits per heavy atom. The molecule has 0 aromatic rings. The second-order valence-electron chi connectivity index (χ2n) is 3.51. The van der Waals surface area contributed by atoms with Gasteiger partial charge in [-0.1, -0.05) is 0 Å². The van der Waals surface area contributed by atoms with Crippen molar-refractivity contribution in [2.75, 3.05) is 12.8 Å². The summed E-state index contributed by atoms with van der Waals surface area (Å²) < 4.78 is 23.7. The number of halogens is 2. The first kappa shape index (κ1) is 11.2. The monoisotopic (exact) mass is 209 g/mol. The van der Waals surface area contributed by atoms with E-state index in [1.165, 1.54) is 12.8 Å². The van der Waals surface area contributed by atoms with E-state index < -0.39 is 6.43 Å². The Kier molecular flexibility index (Phi) is 5.02. The molecule has 0 heterocycles. The molecule has 1 nitrogen and oxygen atoms in total. The average Bonchev–Trinajstić information content (AvgIpc) is 2.15. The molecule has 0 atom stereocenters. The lowest BCUT2D eigenvalue weighted by Gasteiger charge is -2.27. The van der Waals surface area contributed by atoms with E-state index >= 15 is 0 Å². The van der Waals surface area contributed by atoms with Crippen molar-refractivity contribution >= 4 is 11.8 Å². The first-order valence-corrected chi connectivity index (χ1v) is 6.05. The number of rotatable bonds is 4. The van der Waals surface area contributed by atoms with Gasteiger partial charge >= 0.3 is 0 Å². The molecule has 0 bridgehead atoms. The topological polar surface area (TPSA) is 12.0 Å². The first-order valence-electron chi connectivity index (χ1n) is 4.76. The first-order chi connectivity index (χ1) is 6.22. The van der Waals surface area contributed by atoms with E-state index in [-0.39, 0.29) is 6.54 Å². The summed E-state index contributed by atoms with van der Waals surface area (Å²) in [4.78, 5) is 0. The maximum Gasteiger partial charge on any atom is 0.250 e. The number of thioether (sulfide) groups is 1. The predicted molar refractivity (Wildman–Crippen MR) is 53.6 cm³/mol. The molecular formula is C9H17F2NS. The zero-order chi connectivity index (χ0) is 9.68. The number of nitrogens with one attached hydrogen (secondary N) is 1. The van der Waals surface area contributed by atoms with Crippen molar-refractivity contribution in [1.82, 2.24) is 5.32 Å². The van der Waals surface area contributed by atoms with Crippen LogP contribution in [0.15, 0.2) is 0 Å². The number of alkyl halides is 2. The van der Waals surface area contributed by atoms with E-state index in [4.69, 9.17) is 0 Å². The second-order valence-corrected chi connectivity index (χ2v) is 4.65. The van der Waals surface area contributed by atoms with Crippen LogP contribution in [0.3, 0.4) is 0 Å². The molecule has 0 spiro atoms. The van der Waals surface area contributed by atoms with Crippen LogP contribution in [0, 0.1) is 0 Å². The van der Waals surface area contributed by atoms with Crippen molar-refractivity contribution in [2.24, 2.45) is 0 Å². The second kappa shape index (κ2) is 5.81. The molecule has 1 N–H and O–H groups in total. The fourth-order valence-corrected chi connectivity index (χ4v) is 2.50. The third-order valence-corrected chi connectivity index (χ3v) is 3.71. The van der Waals surface area contributed by atoms with Crippen molar-refractivity contribution in [3.63, 3.8) is 0 Å². The van der Waals surface area contributed by atoms with Crippen LogP contribution in [0.5, 0.6) is 0 Å². The minimum atomic E-state index is -2.21. The van der Waals surface area contributed by atoms with Gasteiger partial charge in [0.05, 0.1) is 6.54 Å². The van der Waals surface area contributed by atoms with Crippen molar-refractivity contribution in [3.05, 3.63) is 0 Å². The Balaban J connectivity index is 2.10. The molecule has 0 unspecified atom stereocenters. The number of hydrogen-bond donors (Lipinski definition) is 1. The summed E-state index contributed by atoms with van der Waals surface area (Å²) in [7, 11) is 0. The highest BCUT2D eigenvalue weighted by Crippen LogP contribution is 2.26. The zero-order valence-electron chi connectivity index (χ0n) is 7.93. The van der Waals surface area contributed by atoms with Crippen LogP contribution in [0.1, 0.15) is 25.7 Å². The van der Waals surface area contributed by atoms with Gasteiger partial charge in [-0.05, 0) is 31.9 Å². The summed E-state index contributed by atoms with van der Waals surface area (Å²) in [5.74, 6) is 0. The molecule has 4 heteroatoms. The van der Waals surface area contributed by atoms with E-state index in [1.54, 1.807) is 0 Å². The molecule has 1 fully saturated rings. The van der Waals surface area contributed by atoms with Crippen molar-refractivity contribution in [2.45, 2.75) is 43.4 Å². The molecule has 1 rings (SSSR count). The van der Waals surface area contributed by atoms with E-state index in [0.717, 1.165) is 18.1 Å². The summed E-state index contributed by atoms with van der Waals surface area (Å²) in [6, 6.07) is 0.331. The fraction of sp³-hybridized carbons (Fsp3) is 1.00. The van der Waals surface area contributed by atoms with Crippen molar-refractivity contribution < 1.29 is 8.78 Å². The van der Waals surface area contributed by atoms with Gasteiger partial charge in [0.25, 0.3) is 6.43 Å². The minimum Gasteiger partial charge on any atom is -0.309 e. The summed E-state index contributed by atoms with van der Waals surface area (Å²) in [5.41, 5.74) is 0. The largest absolute Gasteiger partial charge is 0.309 e. The summed E-state index contributed by atoms with van der Waals surface area (Å²) >= 11 is 1.90. The normalized spacial score (nSPS) is 29.5. The van der Waals surface area contributed by atoms with Gasteiger partial charge in [0.15, 0.2) is 0 Å². The number of hydrogen-bond acceptors (Lipinski definition) is 2. The summed E-state index contributed by atoms with van der Waals surface area (Å²) in [6.45, 7) is -0.144. The highest BCUT2D eigenvalue weighted by atomic mass is 32.2. The van der Waals surface area contributed by atoms with E-state index in [9.17, 15) is 8.78 Å². The van der Waals surface area contributed by atoms with Gasteiger partial charge in [0.2, 0.25) is 0 Å². The third-order valence-electron chi connectivity index (χ3n) is 2.57. The van der Waals surface area contributed by atoms with E-state index in [1.807, 2.05) is 11.8 Å². The van der Waals surface area contributed by atoms with Crippen molar-refractivity contribution in [3.8, 4) is 0 Å². The highest BCUT2D eigenvalue weighted by molar-refractivity contribution is 7.99. The van der Waals surface area contributed by atoms with Gasteiger partial charge in [-0.15, -0.1) is 0 Å². The molecule has 1 aliphatic carbocycles. The SMILES string of the molecule is CSC1CCC(NCC(F)F)CC1. The standard InChI is InChI=1S/C9H17F2NS/c1-13-8-4-2-7(3-5-8)12-6-9(10)11/h7-9,12H,2-6H2,1H3. The Labute approximate surface area is 82.7 Å². The molecule has 0 saturated heterocycles. The molecule has 78 valence electrons. The molecule has 0 radical (unpaired) electrons. The molecule has 1 saturated carbocycles. The van der Waals surface area contributed by atoms with E-state index in [0.29, 0.717) is 6.04 Å². The van der Waals surface area contributed by atoms with Gasteiger partial charge in [-0.2, -0.15) is 11.8 Å². The third kappa shape index (κ3) is 4.27. The molecular weight excluding hydrogens is 192 g/mol. The van der Waals surface area contributed by atoms with Crippen LogP contribution >= 0.6 is 11.8 Å². The average molecular weight is 209 g/mol. The zero-order valence-corrected chi connectivity index (χ0v) is 8.75. The smallest absolute Gasteiger partial charge is 0.250 e. The van der Waals surface area contributed by atoms with Gasteiger partial charge < -0.3 is 5.32 Å². The lowest BCUT2D eigenvalue weighted by Crippen LogP contribution is -2.36. The lowest BCUT2D eigenvalue weighted by atomic mass is 9.95. The fourth-order valence-electron chi connectivity index (χ4n) is 1.76.